The summed E-state index contributed by atoms with van der Waals surface area (Å²) < 4.78 is 72.3. The lowest BCUT2D eigenvalue weighted by Gasteiger charge is -2.44. The third kappa shape index (κ3) is 4.67. The minimum atomic E-state index is -4.41. The van der Waals surface area contributed by atoms with Gasteiger partial charge in [0.05, 0.1) is 16.3 Å². The third-order valence-corrected chi connectivity index (χ3v) is 11.5. The molecule has 43 heavy (non-hydrogen) atoms. The molecule has 7 rings (SSSR count). The summed E-state index contributed by atoms with van der Waals surface area (Å²) in [5.74, 6) is -1.45. The first-order chi connectivity index (χ1) is 20.5. The zero-order valence-electron chi connectivity index (χ0n) is 22.6. The van der Waals surface area contributed by atoms with Crippen molar-refractivity contribution in [2.45, 2.75) is 41.6 Å². The van der Waals surface area contributed by atoms with Crippen LogP contribution in [0, 0.1) is 23.6 Å². The van der Waals surface area contributed by atoms with Crippen molar-refractivity contribution >= 4 is 43.2 Å². The average molecular weight is 623 g/mol. The number of aliphatic hydroxyl groups is 1. The van der Waals surface area contributed by atoms with E-state index in [0.29, 0.717) is 5.56 Å². The third-order valence-electron chi connectivity index (χ3n) is 8.81. The van der Waals surface area contributed by atoms with Crippen molar-refractivity contribution in [2.75, 3.05) is 10.0 Å². The van der Waals surface area contributed by atoms with Gasteiger partial charge in [0.25, 0.3) is 26.0 Å². The molecule has 0 radical (unpaired) electrons. The number of carbonyl (C=O) groups excluding carboxylic acids is 1. The van der Waals surface area contributed by atoms with Crippen molar-refractivity contribution in [3.63, 3.8) is 0 Å². The Morgan fingerprint density at radius 3 is 2.49 bits per heavy atom. The van der Waals surface area contributed by atoms with Gasteiger partial charge >= 0.3 is 0 Å². The van der Waals surface area contributed by atoms with E-state index in [4.69, 9.17) is 0 Å². The molecule has 4 aliphatic rings. The van der Waals surface area contributed by atoms with E-state index < -0.39 is 31.8 Å². The van der Waals surface area contributed by atoms with E-state index in [0.717, 1.165) is 25.3 Å². The van der Waals surface area contributed by atoms with E-state index >= 15 is 0 Å². The van der Waals surface area contributed by atoms with Gasteiger partial charge in [-0.05, 0) is 79.1 Å². The fourth-order valence-corrected chi connectivity index (χ4v) is 9.20. The highest BCUT2D eigenvalue weighted by Crippen LogP contribution is 2.55. The minimum absolute atomic E-state index is 0.0105. The highest BCUT2D eigenvalue weighted by molar-refractivity contribution is 7.92. The lowest BCUT2D eigenvalue weighted by atomic mass is 9.77. The SMILES string of the molecule is O=C1C(C2=NS(=O)(=O)c3cc(NS(=O)(=O)c4ccccc4)ccc3N2)=C(O)[C@H]2C([C@@H]3CC[C@H]2C3)N1Cc1ccc(F)cc1. The molecule has 222 valence electrons. The van der Waals surface area contributed by atoms with Crippen molar-refractivity contribution in [2.24, 2.45) is 22.2 Å². The predicted molar refractivity (Wildman–Crippen MR) is 157 cm³/mol. The van der Waals surface area contributed by atoms with Crippen LogP contribution < -0.4 is 10.0 Å². The quantitative estimate of drug-likeness (QED) is 0.369. The van der Waals surface area contributed by atoms with Gasteiger partial charge in [-0.3, -0.25) is 9.52 Å². The Hall–Kier alpha value is -4.23. The number of carbonyl (C=O) groups is 1. The second kappa shape index (κ2) is 9.91. The summed E-state index contributed by atoms with van der Waals surface area (Å²) in [6.45, 7) is 0.168. The molecule has 2 heterocycles. The van der Waals surface area contributed by atoms with E-state index in [1.807, 2.05) is 0 Å². The largest absolute Gasteiger partial charge is 0.511 e. The van der Waals surface area contributed by atoms with E-state index in [1.165, 1.54) is 36.4 Å². The first-order valence-electron chi connectivity index (χ1n) is 13.8. The maximum Gasteiger partial charge on any atom is 0.286 e. The molecule has 1 unspecified atom stereocenters. The summed E-state index contributed by atoms with van der Waals surface area (Å²) >= 11 is 0. The fraction of sp³-hybridized carbons (Fsp3) is 0.267. The number of anilines is 2. The Bertz CT molecular complexity index is 1930. The van der Waals surface area contributed by atoms with Crippen LogP contribution in [0.5, 0.6) is 0 Å². The molecule has 10 nitrogen and oxygen atoms in total. The number of rotatable bonds is 6. The number of benzene rings is 3. The second-order valence-electron chi connectivity index (χ2n) is 11.3. The maximum atomic E-state index is 14.0. The fourth-order valence-electron chi connectivity index (χ4n) is 6.98. The highest BCUT2D eigenvalue weighted by atomic mass is 32.2. The van der Waals surface area contributed by atoms with Gasteiger partial charge in [-0.25, -0.2) is 12.8 Å². The van der Waals surface area contributed by atoms with Gasteiger partial charge in [0.1, 0.15) is 22.0 Å². The normalized spacial score (nSPS) is 25.6. The van der Waals surface area contributed by atoms with Crippen LogP contribution in [-0.4, -0.2) is 44.6 Å². The van der Waals surface area contributed by atoms with Gasteiger partial charge in [0, 0.05) is 18.5 Å². The summed E-state index contributed by atoms with van der Waals surface area (Å²) in [4.78, 5) is 15.4. The minimum Gasteiger partial charge on any atom is -0.511 e. The zero-order valence-corrected chi connectivity index (χ0v) is 24.3. The number of amides is 1. The molecule has 13 heteroatoms. The molecule has 0 aromatic heterocycles. The summed E-state index contributed by atoms with van der Waals surface area (Å²) in [7, 11) is -8.39. The Morgan fingerprint density at radius 1 is 1.02 bits per heavy atom. The Labute approximate surface area is 248 Å². The monoisotopic (exact) mass is 622 g/mol. The van der Waals surface area contributed by atoms with E-state index in [-0.39, 0.29) is 68.7 Å². The number of fused-ring (bicyclic) bond motifs is 6. The van der Waals surface area contributed by atoms with Crippen LogP contribution in [0.3, 0.4) is 0 Å². The van der Waals surface area contributed by atoms with Gasteiger partial charge in [-0.2, -0.15) is 8.42 Å². The number of halogens is 1. The molecule has 2 aliphatic carbocycles. The summed E-state index contributed by atoms with van der Waals surface area (Å²) in [6, 6.07) is 17.2. The van der Waals surface area contributed by atoms with Crippen LogP contribution in [0.2, 0.25) is 0 Å². The molecule has 3 aromatic carbocycles. The molecule has 0 spiro atoms. The van der Waals surface area contributed by atoms with Crippen LogP contribution >= 0.6 is 0 Å². The lowest BCUT2D eigenvalue weighted by molar-refractivity contribution is -0.134. The molecule has 2 bridgehead atoms. The predicted octanol–water partition coefficient (Wildman–Crippen LogP) is 4.41. The van der Waals surface area contributed by atoms with E-state index in [9.17, 15) is 31.1 Å². The Morgan fingerprint density at radius 2 is 1.74 bits per heavy atom. The Balaban J connectivity index is 1.24. The smallest absolute Gasteiger partial charge is 0.286 e. The molecule has 1 amide bonds. The van der Waals surface area contributed by atoms with Gasteiger partial charge in [0.15, 0.2) is 5.84 Å². The summed E-state index contributed by atoms with van der Waals surface area (Å²) in [6.07, 6.45) is 2.67. The molecule has 2 aliphatic heterocycles. The van der Waals surface area contributed by atoms with Gasteiger partial charge < -0.3 is 15.3 Å². The van der Waals surface area contributed by atoms with Crippen molar-refractivity contribution in [1.29, 1.82) is 0 Å². The van der Waals surface area contributed by atoms with Crippen LogP contribution in [-0.2, 0) is 31.4 Å². The number of hydrogen-bond donors (Lipinski definition) is 3. The van der Waals surface area contributed by atoms with Crippen molar-refractivity contribution in [3.05, 3.63) is 95.5 Å². The second-order valence-corrected chi connectivity index (χ2v) is 14.6. The number of aliphatic hydroxyl groups excluding tert-OH is 1. The van der Waals surface area contributed by atoms with Crippen molar-refractivity contribution < 1.29 is 31.1 Å². The molecular formula is C30H27FN4O6S2. The topological polar surface area (TPSA) is 145 Å². The van der Waals surface area contributed by atoms with E-state index in [2.05, 4.69) is 14.4 Å². The molecule has 2 fully saturated rings. The lowest BCUT2D eigenvalue weighted by Crippen LogP contribution is -2.53. The number of amidine groups is 1. The number of nitrogens with zero attached hydrogens (tertiary/aromatic N) is 2. The van der Waals surface area contributed by atoms with E-state index in [1.54, 1.807) is 35.2 Å². The van der Waals surface area contributed by atoms with Gasteiger partial charge in [-0.15, -0.1) is 4.40 Å². The molecular weight excluding hydrogens is 595 g/mol. The highest BCUT2D eigenvalue weighted by Gasteiger charge is 2.57. The molecule has 4 atom stereocenters. The van der Waals surface area contributed by atoms with Gasteiger partial charge in [-0.1, -0.05) is 30.3 Å². The zero-order chi connectivity index (χ0) is 30.1. The summed E-state index contributed by atoms with van der Waals surface area (Å²) in [5.41, 5.74) is 0.594. The average Bonchev–Trinajstić information content (AvgIpc) is 3.60. The van der Waals surface area contributed by atoms with Crippen LogP contribution in [0.4, 0.5) is 15.8 Å². The first kappa shape index (κ1) is 27.6. The van der Waals surface area contributed by atoms with Crippen LogP contribution in [0.25, 0.3) is 0 Å². The molecule has 3 aromatic rings. The maximum absolute atomic E-state index is 14.0. The number of hydrogen-bond acceptors (Lipinski definition) is 7. The molecule has 0 saturated heterocycles. The van der Waals surface area contributed by atoms with Gasteiger partial charge in [0.2, 0.25) is 0 Å². The summed E-state index contributed by atoms with van der Waals surface area (Å²) in [5, 5.41) is 14.4. The number of sulfonamides is 2. The first-order valence-corrected chi connectivity index (χ1v) is 16.8. The van der Waals surface area contributed by atoms with Crippen LogP contribution in [0.1, 0.15) is 24.8 Å². The standard InChI is InChI=1S/C30H27FN4O6S2/c31-20-10-6-17(7-11-20)16-35-27-19-9-8-18(14-19)25(27)28(36)26(30(35)37)29-32-23-13-12-21(15-24(23)43(40,41)34-29)33-42(38,39)22-4-2-1-3-5-22/h1-7,10-13,15,18-19,25,27,33,36H,8-9,14,16H2,(H,32,34)/t18-,19+,25+,27?/m0/s1. The molecule has 3 N–H and O–H groups in total. The number of nitrogens with one attached hydrogen (secondary N) is 2. The van der Waals surface area contributed by atoms with Crippen molar-refractivity contribution in [3.8, 4) is 0 Å². The Kier molecular flexibility index (Phi) is 6.36. The van der Waals surface area contributed by atoms with Crippen LogP contribution in [0.15, 0.2) is 98.3 Å². The molecule has 2 saturated carbocycles. The van der Waals surface area contributed by atoms with Crippen molar-refractivity contribution in [1.82, 2.24) is 4.90 Å².